The van der Waals surface area contributed by atoms with E-state index >= 15 is 0 Å². The number of ether oxygens (including phenoxy) is 1. The first-order valence-corrected chi connectivity index (χ1v) is 9.42. The molecule has 0 aliphatic heterocycles. The Hall–Kier alpha value is -3.18. The van der Waals surface area contributed by atoms with Gasteiger partial charge in [-0.05, 0) is 61.4 Å². The molecule has 1 amide bonds. The molecular formula is C22H18N2O2S. The third kappa shape index (κ3) is 3.83. The Balaban J connectivity index is 1.55. The minimum atomic E-state index is -0.207. The van der Waals surface area contributed by atoms with Crippen LogP contribution >= 0.6 is 11.3 Å². The van der Waals surface area contributed by atoms with Crippen molar-refractivity contribution in [3.8, 4) is 11.5 Å². The van der Waals surface area contributed by atoms with Crippen molar-refractivity contribution in [3.63, 3.8) is 0 Å². The molecular weight excluding hydrogens is 356 g/mol. The van der Waals surface area contributed by atoms with Crippen LogP contribution in [0.15, 0.2) is 66.7 Å². The van der Waals surface area contributed by atoms with E-state index in [-0.39, 0.29) is 5.91 Å². The van der Waals surface area contributed by atoms with E-state index in [9.17, 15) is 4.79 Å². The van der Waals surface area contributed by atoms with Gasteiger partial charge in [-0.3, -0.25) is 10.1 Å². The lowest BCUT2D eigenvalue weighted by Crippen LogP contribution is -2.11. The van der Waals surface area contributed by atoms with Crippen molar-refractivity contribution in [3.05, 3.63) is 83.4 Å². The van der Waals surface area contributed by atoms with Crippen LogP contribution in [0.2, 0.25) is 0 Å². The highest BCUT2D eigenvalue weighted by Gasteiger charge is 2.12. The zero-order valence-corrected chi connectivity index (χ0v) is 15.8. The second-order valence-corrected chi connectivity index (χ2v) is 7.38. The lowest BCUT2D eigenvalue weighted by atomic mass is 10.1. The minimum Gasteiger partial charge on any atom is -0.457 e. The Labute approximate surface area is 161 Å². The molecule has 0 saturated heterocycles. The van der Waals surface area contributed by atoms with E-state index in [2.05, 4.69) is 29.4 Å². The van der Waals surface area contributed by atoms with E-state index in [1.54, 1.807) is 18.2 Å². The molecule has 0 unspecified atom stereocenters. The molecule has 1 N–H and O–H groups in total. The zero-order valence-electron chi connectivity index (χ0n) is 15.0. The third-order valence-corrected chi connectivity index (χ3v) is 5.04. The molecule has 1 heterocycles. The molecule has 0 atom stereocenters. The van der Waals surface area contributed by atoms with Crippen molar-refractivity contribution in [2.75, 3.05) is 5.32 Å². The maximum Gasteiger partial charge on any atom is 0.257 e. The van der Waals surface area contributed by atoms with Gasteiger partial charge in [0.15, 0.2) is 5.13 Å². The van der Waals surface area contributed by atoms with Crippen LogP contribution in [-0.4, -0.2) is 10.9 Å². The Kier molecular flexibility index (Phi) is 4.60. The van der Waals surface area contributed by atoms with Gasteiger partial charge in [0.1, 0.15) is 11.5 Å². The van der Waals surface area contributed by atoms with E-state index in [1.165, 1.54) is 16.9 Å². The van der Waals surface area contributed by atoms with Crippen molar-refractivity contribution < 1.29 is 9.53 Å². The molecule has 4 aromatic rings. The van der Waals surface area contributed by atoms with Gasteiger partial charge < -0.3 is 4.74 Å². The number of hydrogen-bond donors (Lipinski definition) is 1. The maximum atomic E-state index is 12.6. The Morgan fingerprint density at radius 1 is 0.963 bits per heavy atom. The molecule has 27 heavy (non-hydrogen) atoms. The fourth-order valence-corrected chi connectivity index (χ4v) is 3.96. The maximum absolute atomic E-state index is 12.6. The second kappa shape index (κ2) is 7.21. The van der Waals surface area contributed by atoms with Crippen LogP contribution in [0.25, 0.3) is 10.2 Å². The first-order valence-electron chi connectivity index (χ1n) is 8.60. The van der Waals surface area contributed by atoms with Crippen LogP contribution < -0.4 is 10.1 Å². The van der Waals surface area contributed by atoms with Gasteiger partial charge in [-0.2, -0.15) is 0 Å². The SMILES string of the molecule is Cc1cc(C)c2nc(NC(=O)c3cccc(Oc4ccccc4)c3)sc2c1. The van der Waals surface area contributed by atoms with Gasteiger partial charge >= 0.3 is 0 Å². The number of amides is 1. The van der Waals surface area contributed by atoms with Gasteiger partial charge in [0.2, 0.25) is 0 Å². The first-order chi connectivity index (χ1) is 13.1. The average Bonchev–Trinajstić information content (AvgIpc) is 3.05. The summed E-state index contributed by atoms with van der Waals surface area (Å²) in [4.78, 5) is 17.2. The Morgan fingerprint density at radius 2 is 1.74 bits per heavy atom. The minimum absolute atomic E-state index is 0.207. The van der Waals surface area contributed by atoms with Gasteiger partial charge in [0.05, 0.1) is 10.2 Å². The van der Waals surface area contributed by atoms with Crippen LogP contribution in [0, 0.1) is 13.8 Å². The van der Waals surface area contributed by atoms with Crippen LogP contribution in [0.4, 0.5) is 5.13 Å². The molecule has 0 spiro atoms. The number of fused-ring (bicyclic) bond motifs is 1. The fraction of sp³-hybridized carbons (Fsp3) is 0.0909. The van der Waals surface area contributed by atoms with Gasteiger partial charge in [0, 0.05) is 5.56 Å². The van der Waals surface area contributed by atoms with E-state index in [0.717, 1.165) is 21.5 Å². The summed E-state index contributed by atoms with van der Waals surface area (Å²) in [5.41, 5.74) is 3.75. The summed E-state index contributed by atoms with van der Waals surface area (Å²) >= 11 is 1.48. The Morgan fingerprint density at radius 3 is 2.56 bits per heavy atom. The van der Waals surface area contributed by atoms with Crippen molar-refractivity contribution in [1.29, 1.82) is 0 Å². The number of nitrogens with one attached hydrogen (secondary N) is 1. The molecule has 0 fully saturated rings. The summed E-state index contributed by atoms with van der Waals surface area (Å²) in [5.74, 6) is 1.14. The second-order valence-electron chi connectivity index (χ2n) is 6.34. The monoisotopic (exact) mass is 374 g/mol. The number of carbonyl (C=O) groups is 1. The number of aryl methyl sites for hydroxylation is 2. The molecule has 0 aliphatic carbocycles. The standard InChI is InChI=1S/C22H18N2O2S/c1-14-11-15(2)20-19(12-14)27-22(23-20)24-21(25)16-7-6-10-18(13-16)26-17-8-4-3-5-9-17/h3-13H,1-2H3,(H,23,24,25). The highest BCUT2D eigenvalue weighted by Crippen LogP contribution is 2.30. The van der Waals surface area contributed by atoms with Crippen molar-refractivity contribution in [2.24, 2.45) is 0 Å². The number of aromatic nitrogens is 1. The van der Waals surface area contributed by atoms with Crippen molar-refractivity contribution in [2.45, 2.75) is 13.8 Å². The molecule has 0 bridgehead atoms. The quantitative estimate of drug-likeness (QED) is 0.480. The number of thiazole rings is 1. The van der Waals surface area contributed by atoms with Crippen LogP contribution in [0.1, 0.15) is 21.5 Å². The molecule has 5 heteroatoms. The molecule has 0 saturated carbocycles. The van der Waals surface area contributed by atoms with E-state index in [1.807, 2.05) is 43.3 Å². The van der Waals surface area contributed by atoms with Crippen LogP contribution in [-0.2, 0) is 0 Å². The molecule has 1 aromatic heterocycles. The van der Waals surface area contributed by atoms with E-state index < -0.39 is 0 Å². The van der Waals surface area contributed by atoms with Gasteiger partial charge in [-0.1, -0.05) is 41.7 Å². The number of nitrogens with zero attached hydrogens (tertiary/aromatic N) is 1. The molecule has 4 rings (SSSR count). The van der Waals surface area contributed by atoms with Gasteiger partial charge in [-0.25, -0.2) is 4.98 Å². The summed E-state index contributed by atoms with van der Waals surface area (Å²) in [6, 6.07) is 20.8. The number of benzene rings is 3. The van der Waals surface area contributed by atoms with Gasteiger partial charge in [-0.15, -0.1) is 0 Å². The summed E-state index contributed by atoms with van der Waals surface area (Å²) in [6.07, 6.45) is 0. The zero-order chi connectivity index (χ0) is 18.8. The normalized spacial score (nSPS) is 10.7. The van der Waals surface area contributed by atoms with Crippen LogP contribution in [0.5, 0.6) is 11.5 Å². The number of anilines is 1. The summed E-state index contributed by atoms with van der Waals surface area (Å²) in [7, 11) is 0. The van der Waals surface area contributed by atoms with Gasteiger partial charge in [0.25, 0.3) is 5.91 Å². The Bertz CT molecular complexity index is 1120. The van der Waals surface area contributed by atoms with Crippen LogP contribution in [0.3, 0.4) is 0 Å². The summed E-state index contributed by atoms with van der Waals surface area (Å²) < 4.78 is 6.88. The third-order valence-electron chi connectivity index (χ3n) is 4.13. The molecule has 134 valence electrons. The number of rotatable bonds is 4. The topological polar surface area (TPSA) is 51.2 Å². The van der Waals surface area contributed by atoms with E-state index in [0.29, 0.717) is 16.4 Å². The summed E-state index contributed by atoms with van der Waals surface area (Å²) in [6.45, 7) is 4.09. The number of carbonyl (C=O) groups excluding carboxylic acids is 1. The molecule has 0 aliphatic rings. The van der Waals surface area contributed by atoms with Crippen molar-refractivity contribution >= 4 is 32.6 Å². The molecule has 3 aromatic carbocycles. The predicted molar refractivity (Wildman–Crippen MR) is 110 cm³/mol. The fourth-order valence-electron chi connectivity index (χ4n) is 2.92. The van der Waals surface area contributed by atoms with Crippen molar-refractivity contribution in [1.82, 2.24) is 4.98 Å². The largest absolute Gasteiger partial charge is 0.457 e. The number of para-hydroxylation sites is 1. The number of hydrogen-bond acceptors (Lipinski definition) is 4. The summed E-state index contributed by atoms with van der Waals surface area (Å²) in [5, 5.41) is 3.49. The first kappa shape index (κ1) is 17.2. The smallest absolute Gasteiger partial charge is 0.257 e. The highest BCUT2D eigenvalue weighted by atomic mass is 32.1. The average molecular weight is 374 g/mol. The molecule has 4 nitrogen and oxygen atoms in total. The lowest BCUT2D eigenvalue weighted by molar-refractivity contribution is 0.102. The molecule has 0 radical (unpaired) electrons. The lowest BCUT2D eigenvalue weighted by Gasteiger charge is -2.07. The highest BCUT2D eigenvalue weighted by molar-refractivity contribution is 7.22. The van der Waals surface area contributed by atoms with E-state index in [4.69, 9.17) is 4.74 Å². The predicted octanol–water partition coefficient (Wildman–Crippen LogP) is 5.96.